The Morgan fingerprint density at radius 2 is 2.43 bits per heavy atom. The predicted octanol–water partition coefficient (Wildman–Crippen LogP) is -0.757. The summed E-state index contributed by atoms with van der Waals surface area (Å²) in [5, 5.41) is 8.42. The lowest BCUT2D eigenvalue weighted by molar-refractivity contribution is -0.119. The normalized spacial score (nSPS) is 13.4. The second kappa shape index (κ2) is 2.58. The summed E-state index contributed by atoms with van der Waals surface area (Å²) in [4.78, 5) is 9.87. The van der Waals surface area contributed by atoms with Crippen molar-refractivity contribution in [3.63, 3.8) is 0 Å². The highest BCUT2D eigenvalue weighted by Crippen LogP contribution is 1.84. The molecular formula is C4H9NO2. The van der Waals surface area contributed by atoms with E-state index in [2.05, 4.69) is 0 Å². The lowest BCUT2D eigenvalue weighted by Gasteiger charge is -1.95. The highest BCUT2D eigenvalue weighted by molar-refractivity contribution is 5.74. The van der Waals surface area contributed by atoms with Gasteiger partial charge in [0.05, 0.1) is 12.5 Å². The maximum Gasteiger partial charge on any atom is 0.220 e. The standard InChI is InChI=1S/C4H9NO2/c1-3(6)2-4(5)7/h3,6H,2H2,1H3,(H2,5,7)/t3-/m1/s1. The maximum atomic E-state index is 9.87. The van der Waals surface area contributed by atoms with Crippen molar-refractivity contribution >= 4 is 5.91 Å². The molecule has 3 nitrogen and oxygen atoms in total. The third kappa shape index (κ3) is 5.43. The molecule has 0 unspecified atom stereocenters. The minimum Gasteiger partial charge on any atom is -0.393 e. The van der Waals surface area contributed by atoms with E-state index in [0.717, 1.165) is 0 Å². The van der Waals surface area contributed by atoms with E-state index in [1.165, 1.54) is 6.92 Å². The Morgan fingerprint density at radius 3 is 2.43 bits per heavy atom. The van der Waals surface area contributed by atoms with Gasteiger partial charge in [-0.1, -0.05) is 0 Å². The maximum absolute atomic E-state index is 9.87. The average Bonchev–Trinajstić information content (AvgIpc) is 1.27. The molecule has 0 radical (unpaired) electrons. The molecule has 0 aromatic heterocycles. The fraction of sp³-hybridized carbons (Fsp3) is 0.750. The average molecular weight is 103 g/mol. The van der Waals surface area contributed by atoms with Crippen molar-refractivity contribution in [3.05, 3.63) is 0 Å². The second-order valence-electron chi connectivity index (χ2n) is 1.52. The minimum absolute atomic E-state index is 0.0556. The predicted molar refractivity (Wildman–Crippen MR) is 25.5 cm³/mol. The largest absolute Gasteiger partial charge is 0.393 e. The fourth-order valence-corrected chi connectivity index (χ4v) is 0.291. The lowest BCUT2D eigenvalue weighted by atomic mass is 10.3. The van der Waals surface area contributed by atoms with E-state index in [9.17, 15) is 4.79 Å². The summed E-state index contributed by atoms with van der Waals surface area (Å²) in [6.07, 6.45) is -0.544. The van der Waals surface area contributed by atoms with Gasteiger partial charge in [0, 0.05) is 0 Å². The minimum atomic E-state index is -0.600. The molecule has 0 aliphatic heterocycles. The van der Waals surface area contributed by atoms with Gasteiger partial charge in [0.1, 0.15) is 0 Å². The summed E-state index contributed by atoms with van der Waals surface area (Å²) in [7, 11) is 0. The number of aliphatic hydroxyl groups excluding tert-OH is 1. The van der Waals surface area contributed by atoms with Crippen molar-refractivity contribution in [2.45, 2.75) is 19.4 Å². The van der Waals surface area contributed by atoms with E-state index in [1.54, 1.807) is 0 Å². The smallest absolute Gasteiger partial charge is 0.220 e. The summed E-state index contributed by atoms with van der Waals surface area (Å²) in [6.45, 7) is 1.52. The van der Waals surface area contributed by atoms with Crippen LogP contribution >= 0.6 is 0 Å². The van der Waals surface area contributed by atoms with Gasteiger partial charge in [-0.2, -0.15) is 0 Å². The van der Waals surface area contributed by atoms with Crippen molar-refractivity contribution in [1.82, 2.24) is 0 Å². The monoisotopic (exact) mass is 103 g/mol. The fourth-order valence-electron chi connectivity index (χ4n) is 0.291. The van der Waals surface area contributed by atoms with E-state index in [4.69, 9.17) is 10.8 Å². The van der Waals surface area contributed by atoms with Crippen LogP contribution in [0.4, 0.5) is 0 Å². The molecule has 3 heteroatoms. The molecule has 3 N–H and O–H groups in total. The molecule has 42 valence electrons. The van der Waals surface area contributed by atoms with Crippen LogP contribution in [0.1, 0.15) is 13.3 Å². The van der Waals surface area contributed by atoms with Crippen LogP contribution in [0.3, 0.4) is 0 Å². The van der Waals surface area contributed by atoms with E-state index >= 15 is 0 Å². The Kier molecular flexibility index (Phi) is 2.37. The zero-order chi connectivity index (χ0) is 5.86. The molecule has 1 atom stereocenters. The molecule has 0 rings (SSSR count). The van der Waals surface area contributed by atoms with Crippen LogP contribution in [-0.2, 0) is 4.79 Å². The van der Waals surface area contributed by atoms with Crippen LogP contribution in [0.5, 0.6) is 0 Å². The van der Waals surface area contributed by atoms with Crippen LogP contribution in [-0.4, -0.2) is 17.1 Å². The first kappa shape index (κ1) is 6.43. The van der Waals surface area contributed by atoms with Crippen LogP contribution in [0.15, 0.2) is 0 Å². The quantitative estimate of drug-likeness (QED) is 0.482. The molecule has 0 saturated heterocycles. The first-order chi connectivity index (χ1) is 3.13. The van der Waals surface area contributed by atoms with E-state index in [1.807, 2.05) is 0 Å². The van der Waals surface area contributed by atoms with Gasteiger partial charge < -0.3 is 10.8 Å². The van der Waals surface area contributed by atoms with Gasteiger partial charge in [0.25, 0.3) is 0 Å². The van der Waals surface area contributed by atoms with Crippen molar-refractivity contribution in [3.8, 4) is 0 Å². The first-order valence-corrected chi connectivity index (χ1v) is 2.09. The molecule has 0 aliphatic rings. The molecule has 1 amide bonds. The lowest BCUT2D eigenvalue weighted by Crippen LogP contribution is -2.16. The highest BCUT2D eigenvalue weighted by atomic mass is 16.3. The topological polar surface area (TPSA) is 63.3 Å². The Balaban J connectivity index is 3.13. The van der Waals surface area contributed by atoms with E-state index in [0.29, 0.717) is 0 Å². The summed E-state index contributed by atoms with van der Waals surface area (Å²) in [6, 6.07) is 0. The number of hydrogen-bond donors (Lipinski definition) is 2. The molecule has 0 saturated carbocycles. The van der Waals surface area contributed by atoms with Crippen LogP contribution in [0.2, 0.25) is 0 Å². The Labute approximate surface area is 42.1 Å². The Bertz CT molecular complexity index is 70.1. The van der Waals surface area contributed by atoms with E-state index < -0.39 is 12.0 Å². The zero-order valence-corrected chi connectivity index (χ0v) is 4.22. The van der Waals surface area contributed by atoms with Crippen molar-refractivity contribution in [2.75, 3.05) is 0 Å². The third-order valence-electron chi connectivity index (χ3n) is 0.497. The molecule has 7 heavy (non-hydrogen) atoms. The molecule has 0 spiro atoms. The van der Waals surface area contributed by atoms with Gasteiger partial charge in [0.15, 0.2) is 0 Å². The van der Waals surface area contributed by atoms with Gasteiger partial charge >= 0.3 is 0 Å². The molecule has 0 heterocycles. The summed E-state index contributed by atoms with van der Waals surface area (Å²) in [5.74, 6) is -0.463. The molecule has 0 aromatic rings. The highest BCUT2D eigenvalue weighted by Gasteiger charge is 1.97. The molecule has 0 aliphatic carbocycles. The third-order valence-corrected chi connectivity index (χ3v) is 0.497. The van der Waals surface area contributed by atoms with Gasteiger partial charge in [-0.15, -0.1) is 0 Å². The van der Waals surface area contributed by atoms with Crippen LogP contribution in [0, 0.1) is 0 Å². The van der Waals surface area contributed by atoms with Crippen LogP contribution in [0.25, 0.3) is 0 Å². The summed E-state index contributed by atoms with van der Waals surface area (Å²) < 4.78 is 0. The molecule has 0 fully saturated rings. The zero-order valence-electron chi connectivity index (χ0n) is 4.22. The Morgan fingerprint density at radius 1 is 2.00 bits per heavy atom. The molecule has 0 bridgehead atoms. The number of primary amides is 1. The van der Waals surface area contributed by atoms with Crippen molar-refractivity contribution in [2.24, 2.45) is 5.73 Å². The number of carbonyl (C=O) groups is 1. The van der Waals surface area contributed by atoms with Gasteiger partial charge in [0.2, 0.25) is 5.91 Å². The number of nitrogens with two attached hydrogens (primary N) is 1. The van der Waals surface area contributed by atoms with E-state index in [-0.39, 0.29) is 6.42 Å². The van der Waals surface area contributed by atoms with Crippen molar-refractivity contribution in [1.29, 1.82) is 0 Å². The summed E-state index contributed by atoms with van der Waals surface area (Å²) >= 11 is 0. The number of amides is 1. The molecular weight excluding hydrogens is 94.0 g/mol. The number of aliphatic hydroxyl groups is 1. The van der Waals surface area contributed by atoms with Gasteiger partial charge in [-0.25, -0.2) is 0 Å². The van der Waals surface area contributed by atoms with Gasteiger partial charge in [-0.3, -0.25) is 4.79 Å². The molecule has 0 aromatic carbocycles. The number of carbonyl (C=O) groups excluding carboxylic acids is 1. The number of hydrogen-bond acceptors (Lipinski definition) is 2. The Hall–Kier alpha value is -0.570. The van der Waals surface area contributed by atoms with Gasteiger partial charge in [-0.05, 0) is 6.92 Å². The second-order valence-corrected chi connectivity index (χ2v) is 1.52. The summed E-state index contributed by atoms with van der Waals surface area (Å²) in [5.41, 5.74) is 4.69. The number of rotatable bonds is 2. The first-order valence-electron chi connectivity index (χ1n) is 2.09. The van der Waals surface area contributed by atoms with Crippen LogP contribution < -0.4 is 5.73 Å². The van der Waals surface area contributed by atoms with Crippen molar-refractivity contribution < 1.29 is 9.90 Å². The SMILES string of the molecule is C[C@@H](O)CC(N)=O.